The number of aliphatic hydroxyl groups is 1. The Balaban J connectivity index is 1.65. The van der Waals surface area contributed by atoms with Crippen molar-refractivity contribution < 1.29 is 19.3 Å². The molecule has 0 unspecified atom stereocenters. The Morgan fingerprint density at radius 2 is 1.89 bits per heavy atom. The maximum absolute atomic E-state index is 13.1. The van der Waals surface area contributed by atoms with Gasteiger partial charge in [0.1, 0.15) is 5.82 Å². The monoisotopic (exact) mass is 388 g/mol. The van der Waals surface area contributed by atoms with Gasteiger partial charge in [-0.05, 0) is 37.1 Å². The quantitative estimate of drug-likeness (QED) is 0.728. The van der Waals surface area contributed by atoms with E-state index in [0.29, 0.717) is 25.3 Å². The van der Waals surface area contributed by atoms with Crippen LogP contribution in [0.1, 0.15) is 24.5 Å². The van der Waals surface area contributed by atoms with Crippen LogP contribution in [0.5, 0.6) is 11.5 Å². The van der Waals surface area contributed by atoms with E-state index < -0.39 is 0 Å². The van der Waals surface area contributed by atoms with Gasteiger partial charge >= 0.3 is 0 Å². The van der Waals surface area contributed by atoms with Crippen molar-refractivity contribution in [2.75, 3.05) is 32.8 Å². The van der Waals surface area contributed by atoms with Gasteiger partial charge in [0.2, 0.25) is 0 Å². The molecule has 1 fully saturated rings. The summed E-state index contributed by atoms with van der Waals surface area (Å²) in [4.78, 5) is 4.64. The Labute approximate surface area is 166 Å². The van der Waals surface area contributed by atoms with E-state index >= 15 is 0 Å². The summed E-state index contributed by atoms with van der Waals surface area (Å²) in [5.74, 6) is 0.494. The molecule has 1 saturated heterocycles. The lowest BCUT2D eigenvalue weighted by molar-refractivity contribution is 0.0496. The number of nitrogens with zero attached hydrogens (tertiary/aromatic N) is 2. The first kappa shape index (κ1) is 20.6. The van der Waals surface area contributed by atoms with Gasteiger partial charge in [-0.15, -0.1) is 0 Å². The predicted molar refractivity (Wildman–Crippen MR) is 107 cm³/mol. The van der Waals surface area contributed by atoms with Crippen molar-refractivity contribution in [2.24, 2.45) is 0 Å². The van der Waals surface area contributed by atoms with Crippen molar-refractivity contribution >= 4 is 0 Å². The van der Waals surface area contributed by atoms with Gasteiger partial charge in [0, 0.05) is 50.9 Å². The number of hydrogen-bond donors (Lipinski definition) is 2. The van der Waals surface area contributed by atoms with Crippen LogP contribution >= 0.6 is 0 Å². The second-order valence-electron chi connectivity index (χ2n) is 7.20. The van der Waals surface area contributed by atoms with E-state index in [-0.39, 0.29) is 24.2 Å². The maximum atomic E-state index is 13.1. The molecule has 0 bridgehead atoms. The molecule has 1 aliphatic heterocycles. The summed E-state index contributed by atoms with van der Waals surface area (Å²) in [5.41, 5.74) is 1.92. The summed E-state index contributed by atoms with van der Waals surface area (Å²) in [7, 11) is 0. The molecule has 2 aromatic carbocycles. The van der Waals surface area contributed by atoms with Gasteiger partial charge < -0.3 is 14.9 Å². The lowest BCUT2D eigenvalue weighted by Crippen LogP contribution is -2.52. The highest BCUT2D eigenvalue weighted by Gasteiger charge is 2.27. The number of phenols is 1. The Morgan fingerprint density at radius 1 is 1.11 bits per heavy atom. The first-order chi connectivity index (χ1) is 13.6. The Bertz CT molecular complexity index is 754. The molecule has 1 atom stereocenters. The molecular formula is C22H29FN2O3. The first-order valence-electron chi connectivity index (χ1n) is 9.86. The highest BCUT2D eigenvalue weighted by Crippen LogP contribution is 2.31. The number of rotatable bonds is 8. The number of para-hydroxylation sites is 1. The van der Waals surface area contributed by atoms with Gasteiger partial charge in [0.25, 0.3) is 0 Å². The third-order valence-corrected chi connectivity index (χ3v) is 5.23. The van der Waals surface area contributed by atoms with Gasteiger partial charge in [-0.3, -0.25) is 9.80 Å². The highest BCUT2D eigenvalue weighted by molar-refractivity contribution is 5.45. The summed E-state index contributed by atoms with van der Waals surface area (Å²) in [6, 6.07) is 12.4. The van der Waals surface area contributed by atoms with Crippen molar-refractivity contribution in [2.45, 2.75) is 32.5 Å². The summed E-state index contributed by atoms with van der Waals surface area (Å²) in [6.07, 6.45) is 0.683. The SMILES string of the molecule is CCOc1cccc(CN2CCN(Cc3ccc(F)cc3)[C@@H](CCO)C2)c1O. The molecule has 0 amide bonds. The van der Waals surface area contributed by atoms with Crippen LogP contribution in [0.15, 0.2) is 42.5 Å². The van der Waals surface area contributed by atoms with Crippen LogP contribution in [-0.4, -0.2) is 58.9 Å². The smallest absolute Gasteiger partial charge is 0.162 e. The number of aromatic hydroxyl groups is 1. The molecule has 0 saturated carbocycles. The number of piperazine rings is 1. The fourth-order valence-corrected chi connectivity index (χ4v) is 3.76. The summed E-state index contributed by atoms with van der Waals surface area (Å²) >= 11 is 0. The number of aliphatic hydroxyl groups excluding tert-OH is 1. The Hall–Kier alpha value is -2.15. The standard InChI is InChI=1S/C22H29FN2O3/c1-2-28-21-5-3-4-18(22(21)27)15-24-11-12-25(20(16-24)10-13-26)14-17-6-8-19(23)9-7-17/h3-9,20,26-27H,2,10-16H2,1H3/t20-/m0/s1. The second kappa shape index (κ2) is 9.87. The van der Waals surface area contributed by atoms with Crippen LogP contribution in [-0.2, 0) is 13.1 Å². The second-order valence-corrected chi connectivity index (χ2v) is 7.20. The van der Waals surface area contributed by atoms with Crippen LogP contribution in [0.25, 0.3) is 0 Å². The van der Waals surface area contributed by atoms with Crippen molar-refractivity contribution in [3.8, 4) is 11.5 Å². The minimum atomic E-state index is -0.227. The first-order valence-corrected chi connectivity index (χ1v) is 9.86. The van der Waals surface area contributed by atoms with E-state index in [9.17, 15) is 14.6 Å². The molecule has 28 heavy (non-hydrogen) atoms. The molecule has 0 aliphatic carbocycles. The fourth-order valence-electron chi connectivity index (χ4n) is 3.76. The van der Waals surface area contributed by atoms with Gasteiger partial charge in [0.05, 0.1) is 6.61 Å². The largest absolute Gasteiger partial charge is 0.504 e. The van der Waals surface area contributed by atoms with E-state index in [1.165, 1.54) is 12.1 Å². The lowest BCUT2D eigenvalue weighted by Gasteiger charge is -2.41. The van der Waals surface area contributed by atoms with E-state index in [1.54, 1.807) is 6.07 Å². The third kappa shape index (κ3) is 5.22. The molecule has 0 aromatic heterocycles. The van der Waals surface area contributed by atoms with Gasteiger partial charge in [0.15, 0.2) is 11.5 Å². The normalized spacial score (nSPS) is 18.3. The average molecular weight is 388 g/mol. The molecule has 152 valence electrons. The molecule has 0 radical (unpaired) electrons. The molecule has 5 nitrogen and oxygen atoms in total. The third-order valence-electron chi connectivity index (χ3n) is 5.23. The number of benzene rings is 2. The number of ether oxygens (including phenoxy) is 1. The summed E-state index contributed by atoms with van der Waals surface area (Å²) < 4.78 is 18.6. The van der Waals surface area contributed by atoms with Crippen LogP contribution in [0.4, 0.5) is 4.39 Å². The number of hydrogen-bond acceptors (Lipinski definition) is 5. The van der Waals surface area contributed by atoms with Gasteiger partial charge in [-0.2, -0.15) is 0 Å². The molecule has 1 aliphatic rings. The Kier molecular flexibility index (Phi) is 7.25. The molecule has 6 heteroatoms. The van der Waals surface area contributed by atoms with E-state index in [0.717, 1.165) is 37.3 Å². The van der Waals surface area contributed by atoms with Gasteiger partial charge in [-0.1, -0.05) is 24.3 Å². The molecule has 3 rings (SSSR count). The van der Waals surface area contributed by atoms with Crippen LogP contribution < -0.4 is 4.74 Å². The fraction of sp³-hybridized carbons (Fsp3) is 0.455. The number of halogens is 1. The summed E-state index contributed by atoms with van der Waals surface area (Å²) in [5, 5.41) is 20.0. The van der Waals surface area contributed by atoms with Crippen molar-refractivity contribution in [1.82, 2.24) is 9.80 Å². The van der Waals surface area contributed by atoms with Crippen molar-refractivity contribution in [1.29, 1.82) is 0 Å². The molecule has 2 aromatic rings. The average Bonchev–Trinajstić information content (AvgIpc) is 2.69. The maximum Gasteiger partial charge on any atom is 0.162 e. The van der Waals surface area contributed by atoms with Crippen LogP contribution in [0, 0.1) is 5.82 Å². The zero-order chi connectivity index (χ0) is 19.9. The van der Waals surface area contributed by atoms with Crippen LogP contribution in [0.2, 0.25) is 0 Å². The van der Waals surface area contributed by atoms with Crippen LogP contribution in [0.3, 0.4) is 0 Å². The topological polar surface area (TPSA) is 56.2 Å². The Morgan fingerprint density at radius 3 is 2.61 bits per heavy atom. The zero-order valence-electron chi connectivity index (χ0n) is 16.4. The number of phenolic OH excluding ortho intramolecular Hbond substituents is 1. The minimum Gasteiger partial charge on any atom is -0.504 e. The van der Waals surface area contributed by atoms with E-state index in [1.807, 2.05) is 31.2 Å². The summed E-state index contributed by atoms with van der Waals surface area (Å²) in [6.45, 7) is 6.44. The molecule has 2 N–H and O–H groups in total. The highest BCUT2D eigenvalue weighted by atomic mass is 19.1. The zero-order valence-corrected chi connectivity index (χ0v) is 16.4. The van der Waals surface area contributed by atoms with E-state index in [2.05, 4.69) is 9.80 Å². The lowest BCUT2D eigenvalue weighted by atomic mass is 10.1. The van der Waals surface area contributed by atoms with E-state index in [4.69, 9.17) is 4.74 Å². The predicted octanol–water partition coefficient (Wildman–Crippen LogP) is 3.00. The molecule has 0 spiro atoms. The van der Waals surface area contributed by atoms with Crippen molar-refractivity contribution in [3.63, 3.8) is 0 Å². The molecule has 1 heterocycles. The van der Waals surface area contributed by atoms with Crippen molar-refractivity contribution in [3.05, 3.63) is 59.4 Å². The minimum absolute atomic E-state index is 0.128. The van der Waals surface area contributed by atoms with Gasteiger partial charge in [-0.25, -0.2) is 4.39 Å². The molecular weight excluding hydrogens is 359 g/mol.